The van der Waals surface area contributed by atoms with Gasteiger partial charge in [0.15, 0.2) is 17.5 Å². The topological polar surface area (TPSA) is 126 Å². The Morgan fingerprint density at radius 2 is 2.12 bits per heavy atom. The van der Waals surface area contributed by atoms with Crippen LogP contribution >= 0.6 is 0 Å². The molecule has 0 saturated carbocycles. The van der Waals surface area contributed by atoms with Crippen molar-refractivity contribution >= 4 is 34.1 Å². The van der Waals surface area contributed by atoms with Crippen LogP contribution in [-0.2, 0) is 11.3 Å². The monoisotopic (exact) mass is 440 g/mol. The van der Waals surface area contributed by atoms with Crippen LogP contribution in [0.3, 0.4) is 0 Å². The van der Waals surface area contributed by atoms with Crippen molar-refractivity contribution in [2.45, 2.75) is 32.9 Å². The maximum atomic E-state index is 14.7. The van der Waals surface area contributed by atoms with Crippen molar-refractivity contribution in [3.63, 3.8) is 0 Å². The molecule has 10 heteroatoms. The van der Waals surface area contributed by atoms with E-state index in [2.05, 4.69) is 11.9 Å². The van der Waals surface area contributed by atoms with Gasteiger partial charge in [-0.05, 0) is 31.4 Å². The number of nitrogen functional groups attached to an aromatic ring is 1. The molecule has 0 radical (unpaired) electrons. The number of ether oxygens (including phenoxy) is 2. The number of nitrogens with two attached hydrogens (primary N) is 1. The number of aromatic nitrogens is 3. The van der Waals surface area contributed by atoms with Crippen LogP contribution in [0.4, 0.5) is 10.4 Å². The van der Waals surface area contributed by atoms with E-state index >= 15 is 0 Å². The quantitative estimate of drug-likeness (QED) is 0.490. The summed E-state index contributed by atoms with van der Waals surface area (Å²) in [6, 6.07) is 6.24. The number of carbonyl (C=O) groups is 1. The van der Waals surface area contributed by atoms with Gasteiger partial charge in [-0.1, -0.05) is 6.92 Å². The second-order valence-corrected chi connectivity index (χ2v) is 8.03. The highest BCUT2D eigenvalue weighted by Crippen LogP contribution is 2.38. The highest BCUT2D eigenvalue weighted by Gasteiger charge is 2.24. The molecule has 5 rings (SSSR count). The second kappa shape index (κ2) is 7.40. The van der Waals surface area contributed by atoms with Crippen LogP contribution in [0, 0.1) is 11.7 Å². The number of halogens is 1. The summed E-state index contributed by atoms with van der Waals surface area (Å²) < 4.78 is 33.4. The predicted molar refractivity (Wildman–Crippen MR) is 114 cm³/mol. The Morgan fingerprint density at radius 3 is 2.91 bits per heavy atom. The second-order valence-electron chi connectivity index (χ2n) is 8.03. The van der Waals surface area contributed by atoms with Gasteiger partial charge >= 0.3 is 5.97 Å². The van der Waals surface area contributed by atoms with Gasteiger partial charge in [-0.15, -0.1) is 0 Å². The minimum atomic E-state index is -1.08. The zero-order chi connectivity index (χ0) is 22.6. The van der Waals surface area contributed by atoms with E-state index < -0.39 is 17.9 Å². The number of anilines is 1. The number of aliphatic carboxylic acids is 1. The van der Waals surface area contributed by atoms with Crippen LogP contribution in [-0.4, -0.2) is 38.3 Å². The summed E-state index contributed by atoms with van der Waals surface area (Å²) in [5.41, 5.74) is 7.69. The lowest BCUT2D eigenvalue weighted by Gasteiger charge is -2.21. The Kier molecular flexibility index (Phi) is 4.65. The van der Waals surface area contributed by atoms with E-state index in [-0.39, 0.29) is 11.6 Å². The van der Waals surface area contributed by atoms with E-state index in [0.29, 0.717) is 53.0 Å². The number of rotatable bonds is 4. The first-order chi connectivity index (χ1) is 15.3. The third-order valence-corrected chi connectivity index (χ3v) is 5.52. The summed E-state index contributed by atoms with van der Waals surface area (Å²) in [6.45, 7) is 4.71. The van der Waals surface area contributed by atoms with Crippen LogP contribution in [0.25, 0.3) is 33.5 Å². The molecule has 0 fully saturated rings. The van der Waals surface area contributed by atoms with Gasteiger partial charge in [-0.3, -0.25) is 0 Å². The van der Waals surface area contributed by atoms with E-state index in [1.807, 2.05) is 4.57 Å². The SMILES string of the molecule is CC1CCOc2cc(OC(C)C(=O)O)cc3nc(-c4cc(F)c5oc(N)nc5c4)n(c23)C1. The fourth-order valence-electron chi connectivity index (χ4n) is 3.95. The molecule has 3 N–H and O–H groups in total. The summed E-state index contributed by atoms with van der Waals surface area (Å²) in [6.07, 6.45) is -0.230. The molecule has 0 saturated heterocycles. The number of hydrogen-bond donors (Lipinski definition) is 2. The maximum absolute atomic E-state index is 14.7. The molecule has 0 spiro atoms. The number of benzene rings is 2. The van der Waals surface area contributed by atoms with Gasteiger partial charge in [0.2, 0.25) is 0 Å². The first kappa shape index (κ1) is 20.1. The molecule has 3 heterocycles. The summed E-state index contributed by atoms with van der Waals surface area (Å²) in [5, 5.41) is 9.18. The fourth-order valence-corrected chi connectivity index (χ4v) is 3.95. The number of carboxylic acids is 1. The third kappa shape index (κ3) is 3.37. The molecule has 1 aliphatic rings. The van der Waals surface area contributed by atoms with Gasteiger partial charge < -0.3 is 29.3 Å². The molecule has 0 bridgehead atoms. The summed E-state index contributed by atoms with van der Waals surface area (Å²) >= 11 is 0. The Hall–Kier alpha value is -3.82. The minimum absolute atomic E-state index is 0.00855. The van der Waals surface area contributed by atoms with Gasteiger partial charge in [-0.25, -0.2) is 14.2 Å². The number of imidazole rings is 1. The molecule has 32 heavy (non-hydrogen) atoms. The van der Waals surface area contributed by atoms with Gasteiger partial charge in [0.05, 0.1) is 12.1 Å². The summed E-state index contributed by atoms with van der Waals surface area (Å²) in [7, 11) is 0. The Balaban J connectivity index is 1.72. The first-order valence-corrected chi connectivity index (χ1v) is 10.2. The molecule has 2 aromatic heterocycles. The number of carboxylic acid groups (broad SMARTS) is 1. The molecule has 166 valence electrons. The lowest BCUT2D eigenvalue weighted by atomic mass is 10.1. The van der Waals surface area contributed by atoms with Crippen LogP contribution < -0.4 is 15.2 Å². The largest absolute Gasteiger partial charge is 0.491 e. The number of oxazole rings is 1. The molecule has 2 atom stereocenters. The maximum Gasteiger partial charge on any atom is 0.344 e. The van der Waals surface area contributed by atoms with Crippen LogP contribution in [0.5, 0.6) is 11.5 Å². The molecule has 0 aliphatic carbocycles. The average molecular weight is 440 g/mol. The number of fused-ring (bicyclic) bond motifs is 1. The number of nitrogens with zero attached hydrogens (tertiary/aromatic N) is 3. The average Bonchev–Trinajstić information content (AvgIpc) is 3.26. The van der Waals surface area contributed by atoms with E-state index in [0.717, 1.165) is 11.9 Å². The highest BCUT2D eigenvalue weighted by molar-refractivity contribution is 5.89. The normalized spacial score (nSPS) is 17.0. The Labute approximate surface area is 181 Å². The van der Waals surface area contributed by atoms with E-state index in [1.54, 1.807) is 18.2 Å². The molecule has 0 amide bonds. The van der Waals surface area contributed by atoms with Crippen LogP contribution in [0.1, 0.15) is 20.3 Å². The molecule has 2 unspecified atom stereocenters. The number of hydrogen-bond acceptors (Lipinski definition) is 7. The van der Waals surface area contributed by atoms with Crippen molar-refractivity contribution < 1.29 is 28.2 Å². The first-order valence-electron chi connectivity index (χ1n) is 10.2. The highest BCUT2D eigenvalue weighted by atomic mass is 19.1. The lowest BCUT2D eigenvalue weighted by molar-refractivity contribution is -0.144. The zero-order valence-electron chi connectivity index (χ0n) is 17.5. The Bertz CT molecular complexity index is 1360. The van der Waals surface area contributed by atoms with E-state index in [9.17, 15) is 14.3 Å². The summed E-state index contributed by atoms with van der Waals surface area (Å²) in [4.78, 5) is 20.0. The molecular formula is C22H21FN4O5. The van der Waals surface area contributed by atoms with Crippen molar-refractivity contribution in [1.29, 1.82) is 0 Å². The van der Waals surface area contributed by atoms with Crippen LogP contribution in [0.2, 0.25) is 0 Å². The van der Waals surface area contributed by atoms with Gasteiger partial charge in [-0.2, -0.15) is 4.98 Å². The van der Waals surface area contributed by atoms with Gasteiger partial charge in [0.25, 0.3) is 6.01 Å². The molecule has 9 nitrogen and oxygen atoms in total. The van der Waals surface area contributed by atoms with Crippen molar-refractivity contribution in [1.82, 2.24) is 14.5 Å². The van der Waals surface area contributed by atoms with E-state index in [1.165, 1.54) is 13.0 Å². The van der Waals surface area contributed by atoms with E-state index in [4.69, 9.17) is 24.6 Å². The van der Waals surface area contributed by atoms with Crippen molar-refractivity contribution in [3.8, 4) is 22.9 Å². The molecule has 4 aromatic rings. The molecule has 2 aromatic carbocycles. The standard InChI is InChI=1S/C22H21FN4O5/c1-10-3-4-30-17-8-13(31-11(2)21(28)29)7-15-18(17)27(9-10)20(25-15)12-5-14(23)19-16(6-12)26-22(24)32-19/h5-8,10-11H,3-4,9H2,1-2H3,(H2,24,26)(H,28,29). The predicted octanol–water partition coefficient (Wildman–Crippen LogP) is 3.84. The smallest absolute Gasteiger partial charge is 0.344 e. The lowest BCUT2D eigenvalue weighted by Crippen LogP contribution is -2.23. The fraction of sp³-hybridized carbons (Fsp3) is 0.318. The van der Waals surface area contributed by atoms with Crippen molar-refractivity contribution in [2.75, 3.05) is 12.3 Å². The van der Waals surface area contributed by atoms with Crippen LogP contribution in [0.15, 0.2) is 28.7 Å². The Morgan fingerprint density at radius 1 is 1.31 bits per heavy atom. The van der Waals surface area contributed by atoms with Gasteiger partial charge in [0.1, 0.15) is 28.4 Å². The summed E-state index contributed by atoms with van der Waals surface area (Å²) in [5.74, 6) is 0.0228. The van der Waals surface area contributed by atoms with Gasteiger partial charge in [0, 0.05) is 24.2 Å². The van der Waals surface area contributed by atoms with Crippen molar-refractivity contribution in [2.24, 2.45) is 5.92 Å². The molecular weight excluding hydrogens is 419 g/mol. The minimum Gasteiger partial charge on any atom is -0.491 e. The third-order valence-electron chi connectivity index (χ3n) is 5.52. The molecule has 1 aliphatic heterocycles. The zero-order valence-corrected chi connectivity index (χ0v) is 17.5. The van der Waals surface area contributed by atoms with Crippen molar-refractivity contribution in [3.05, 3.63) is 30.1 Å².